The Balaban J connectivity index is 2.34. The van der Waals surface area contributed by atoms with E-state index in [0.29, 0.717) is 17.7 Å². The molecule has 2 nitrogen and oxygen atoms in total. The number of hydrogen-bond donors (Lipinski definition) is 2. The number of benzene rings is 2. The molecule has 6 heteroatoms. The maximum absolute atomic E-state index is 13.2. The van der Waals surface area contributed by atoms with E-state index in [1.807, 2.05) is 0 Å². The van der Waals surface area contributed by atoms with Gasteiger partial charge in [-0.05, 0) is 23.3 Å². The molecular weight excluding hydrogens is 286 g/mol. The van der Waals surface area contributed by atoms with E-state index in [-0.39, 0.29) is 5.56 Å². The molecule has 0 saturated heterocycles. The number of hydrogen-bond acceptors (Lipinski definition) is 2. The van der Waals surface area contributed by atoms with Crippen LogP contribution in [0.3, 0.4) is 0 Å². The molecule has 2 aromatic rings. The Hall–Kier alpha value is -1.92. The minimum atomic E-state index is -4.82. The zero-order valence-corrected chi connectivity index (χ0v) is 10.8. The number of aliphatic hydroxyl groups excluding tert-OH is 1. The lowest BCUT2D eigenvalue weighted by atomic mass is 9.95. The summed E-state index contributed by atoms with van der Waals surface area (Å²) in [5.41, 5.74) is 4.91. The van der Waals surface area contributed by atoms with Crippen molar-refractivity contribution in [3.8, 4) is 0 Å². The van der Waals surface area contributed by atoms with Gasteiger partial charge in [-0.1, -0.05) is 36.4 Å². The van der Waals surface area contributed by atoms with E-state index in [4.69, 9.17) is 5.73 Å². The van der Waals surface area contributed by atoms with Crippen molar-refractivity contribution < 1.29 is 22.7 Å². The third kappa shape index (κ3) is 3.40. The molecule has 0 amide bonds. The minimum Gasteiger partial charge on any atom is -0.386 e. The van der Waals surface area contributed by atoms with Crippen LogP contribution < -0.4 is 5.73 Å². The van der Waals surface area contributed by atoms with E-state index >= 15 is 0 Å². The van der Waals surface area contributed by atoms with Crippen molar-refractivity contribution in [2.24, 2.45) is 5.73 Å². The molecule has 0 aliphatic carbocycles. The Labute approximate surface area is 118 Å². The highest BCUT2D eigenvalue weighted by Gasteiger charge is 2.35. The van der Waals surface area contributed by atoms with Gasteiger partial charge in [-0.2, -0.15) is 13.2 Å². The van der Waals surface area contributed by atoms with E-state index in [0.717, 1.165) is 6.07 Å². The van der Waals surface area contributed by atoms with Crippen molar-refractivity contribution in [3.05, 3.63) is 71.0 Å². The molecule has 0 heterocycles. The molecule has 2 atom stereocenters. The van der Waals surface area contributed by atoms with Crippen LogP contribution >= 0.6 is 0 Å². The van der Waals surface area contributed by atoms with Gasteiger partial charge in [0.05, 0.1) is 17.7 Å². The second kappa shape index (κ2) is 5.83. The van der Waals surface area contributed by atoms with Gasteiger partial charge in [-0.3, -0.25) is 0 Å². The highest BCUT2D eigenvalue weighted by atomic mass is 19.4. The third-order valence-corrected chi connectivity index (χ3v) is 3.16. The lowest BCUT2D eigenvalue weighted by molar-refractivity contribution is -0.140. The van der Waals surface area contributed by atoms with Crippen LogP contribution in [0.15, 0.2) is 48.5 Å². The average molecular weight is 299 g/mol. The molecule has 21 heavy (non-hydrogen) atoms. The van der Waals surface area contributed by atoms with Crippen LogP contribution in [-0.2, 0) is 6.18 Å². The quantitative estimate of drug-likeness (QED) is 0.851. The predicted octanol–water partition coefficient (Wildman–Crippen LogP) is 3.58. The summed E-state index contributed by atoms with van der Waals surface area (Å²) in [6, 6.07) is 9.92. The summed E-state index contributed by atoms with van der Waals surface area (Å²) in [4.78, 5) is 0. The van der Waals surface area contributed by atoms with Gasteiger partial charge < -0.3 is 10.8 Å². The van der Waals surface area contributed by atoms with Crippen molar-refractivity contribution >= 4 is 0 Å². The second-order valence-corrected chi connectivity index (χ2v) is 4.62. The Morgan fingerprint density at radius 2 is 1.57 bits per heavy atom. The molecule has 0 radical (unpaired) electrons. The monoisotopic (exact) mass is 299 g/mol. The summed E-state index contributed by atoms with van der Waals surface area (Å²) in [5.74, 6) is -1.38. The normalized spacial score (nSPS) is 14.8. The smallest absolute Gasteiger partial charge is 0.386 e. The first-order valence-electron chi connectivity index (χ1n) is 6.16. The maximum Gasteiger partial charge on any atom is 0.419 e. The first-order valence-corrected chi connectivity index (χ1v) is 6.16. The largest absolute Gasteiger partial charge is 0.419 e. The number of halogens is 4. The maximum atomic E-state index is 13.2. The summed E-state index contributed by atoms with van der Waals surface area (Å²) < 4.78 is 51.2. The summed E-state index contributed by atoms with van der Waals surface area (Å²) in [6.07, 6.45) is -6.19. The fraction of sp³-hybridized carbons (Fsp3) is 0.200. The number of nitrogens with two attached hydrogens (primary N) is 1. The van der Waals surface area contributed by atoms with Crippen molar-refractivity contribution in [1.29, 1.82) is 0 Å². The van der Waals surface area contributed by atoms with E-state index in [1.165, 1.54) is 0 Å². The van der Waals surface area contributed by atoms with Gasteiger partial charge >= 0.3 is 6.18 Å². The van der Waals surface area contributed by atoms with Gasteiger partial charge in [0.2, 0.25) is 0 Å². The van der Waals surface area contributed by atoms with Gasteiger partial charge in [-0.15, -0.1) is 0 Å². The van der Waals surface area contributed by atoms with E-state index in [1.54, 1.807) is 30.3 Å². The second-order valence-electron chi connectivity index (χ2n) is 4.62. The molecule has 0 aromatic heterocycles. The summed E-state index contributed by atoms with van der Waals surface area (Å²) in [7, 11) is 0. The van der Waals surface area contributed by atoms with Gasteiger partial charge in [-0.25, -0.2) is 4.39 Å². The standard InChI is InChI=1S/C15H13F4NO/c16-12-7-6-10(8-11(12)15(17,18)19)14(21)13(20)9-4-2-1-3-5-9/h1-8,13-14,21H,20H2. The Morgan fingerprint density at radius 3 is 2.14 bits per heavy atom. The van der Waals surface area contributed by atoms with Crippen molar-refractivity contribution in [2.45, 2.75) is 18.3 Å². The zero-order valence-electron chi connectivity index (χ0n) is 10.8. The molecule has 2 unspecified atom stereocenters. The molecule has 0 aliphatic rings. The van der Waals surface area contributed by atoms with Crippen molar-refractivity contribution in [3.63, 3.8) is 0 Å². The first kappa shape index (κ1) is 15.5. The first-order chi connectivity index (χ1) is 9.80. The highest BCUT2D eigenvalue weighted by Crippen LogP contribution is 2.35. The van der Waals surface area contributed by atoms with Crippen LogP contribution in [0.2, 0.25) is 0 Å². The predicted molar refractivity (Wildman–Crippen MR) is 69.7 cm³/mol. The Bertz CT molecular complexity index is 613. The lowest BCUT2D eigenvalue weighted by Crippen LogP contribution is -2.20. The molecule has 0 fully saturated rings. The molecule has 112 valence electrons. The van der Waals surface area contributed by atoms with E-state index in [2.05, 4.69) is 0 Å². The fourth-order valence-corrected chi connectivity index (χ4v) is 2.01. The highest BCUT2D eigenvalue weighted by molar-refractivity contribution is 5.31. The molecule has 0 spiro atoms. The third-order valence-electron chi connectivity index (χ3n) is 3.16. The molecule has 2 rings (SSSR count). The van der Waals surface area contributed by atoms with E-state index < -0.39 is 29.7 Å². The van der Waals surface area contributed by atoms with Gasteiger partial charge in [0.1, 0.15) is 5.82 Å². The molecule has 0 saturated carbocycles. The molecule has 2 aromatic carbocycles. The van der Waals surface area contributed by atoms with Gasteiger partial charge in [0.25, 0.3) is 0 Å². The fourth-order valence-electron chi connectivity index (χ4n) is 2.01. The molecular formula is C15H13F4NO. The Kier molecular flexibility index (Phi) is 4.29. The number of alkyl halides is 3. The van der Waals surface area contributed by atoms with Crippen LogP contribution in [0.25, 0.3) is 0 Å². The average Bonchev–Trinajstić information content (AvgIpc) is 2.46. The van der Waals surface area contributed by atoms with Crippen LogP contribution in [0, 0.1) is 5.82 Å². The zero-order chi connectivity index (χ0) is 15.6. The molecule has 0 bridgehead atoms. The van der Waals surface area contributed by atoms with Crippen LogP contribution in [0.5, 0.6) is 0 Å². The van der Waals surface area contributed by atoms with Crippen LogP contribution in [-0.4, -0.2) is 5.11 Å². The topological polar surface area (TPSA) is 46.2 Å². The lowest BCUT2D eigenvalue weighted by Gasteiger charge is -2.20. The van der Waals surface area contributed by atoms with Gasteiger partial charge in [0.15, 0.2) is 0 Å². The molecule has 0 aliphatic heterocycles. The van der Waals surface area contributed by atoms with Crippen molar-refractivity contribution in [1.82, 2.24) is 0 Å². The SMILES string of the molecule is NC(c1ccccc1)C(O)c1ccc(F)c(C(F)(F)F)c1. The summed E-state index contributed by atoms with van der Waals surface area (Å²) in [5, 5.41) is 10.1. The molecule has 3 N–H and O–H groups in total. The van der Waals surface area contributed by atoms with Crippen LogP contribution in [0.1, 0.15) is 28.8 Å². The number of rotatable bonds is 3. The Morgan fingerprint density at radius 1 is 0.952 bits per heavy atom. The van der Waals surface area contributed by atoms with E-state index in [9.17, 15) is 22.7 Å². The van der Waals surface area contributed by atoms with Gasteiger partial charge in [0, 0.05) is 0 Å². The van der Waals surface area contributed by atoms with Crippen LogP contribution in [0.4, 0.5) is 17.6 Å². The summed E-state index contributed by atoms with van der Waals surface area (Å²) in [6.45, 7) is 0. The minimum absolute atomic E-state index is 0.0833. The number of aliphatic hydroxyl groups is 1. The summed E-state index contributed by atoms with van der Waals surface area (Å²) >= 11 is 0. The van der Waals surface area contributed by atoms with Crippen molar-refractivity contribution in [2.75, 3.05) is 0 Å².